The predicted octanol–water partition coefficient (Wildman–Crippen LogP) is 6.25. The Bertz CT molecular complexity index is 1760. The van der Waals surface area contributed by atoms with Crippen molar-refractivity contribution in [3.05, 3.63) is 51.6 Å². The lowest BCUT2D eigenvalue weighted by Crippen LogP contribution is -2.32. The van der Waals surface area contributed by atoms with Crippen molar-refractivity contribution < 1.29 is 59.1 Å². The highest BCUT2D eigenvalue weighted by Crippen LogP contribution is 2.50. The van der Waals surface area contributed by atoms with Gasteiger partial charge in [-0.2, -0.15) is 0 Å². The fraction of sp³-hybridized carbons (Fsp3) is 0.600. The number of unbranched alkanes of at least 4 members (excludes halogenated alkanes) is 1. The van der Waals surface area contributed by atoms with Gasteiger partial charge in [0.15, 0.2) is 34.5 Å². The zero-order chi connectivity index (χ0) is 40.5. The van der Waals surface area contributed by atoms with Crippen molar-refractivity contribution in [2.75, 3.05) is 83.6 Å². The van der Waals surface area contributed by atoms with E-state index in [0.29, 0.717) is 40.4 Å². The number of benzene rings is 3. The maximum atomic E-state index is 6.02. The third-order valence-corrected chi connectivity index (χ3v) is 12.3. The monoisotopic (exact) mass is 953 g/mol. The second kappa shape index (κ2) is 28.4. The number of hydrogen-bond acceptors (Lipinski definition) is 12. The van der Waals surface area contributed by atoms with Crippen LogP contribution in [0.15, 0.2) is 18.2 Å². The van der Waals surface area contributed by atoms with Gasteiger partial charge in [0.05, 0.1) is 64.0 Å². The topological polar surface area (TPSA) is 214 Å². The number of halogens is 3. The molecular weight excluding hydrogens is 881 g/mol. The van der Waals surface area contributed by atoms with Crippen LogP contribution >= 0.6 is 37.2 Å². The lowest BCUT2D eigenvalue weighted by Gasteiger charge is -2.33. The molecule has 9 N–H and O–H groups in total. The van der Waals surface area contributed by atoms with E-state index in [0.717, 1.165) is 108 Å². The molecule has 3 aliphatic rings. The van der Waals surface area contributed by atoms with E-state index in [2.05, 4.69) is 34.1 Å². The largest absolute Gasteiger partial charge is 0.493 e. The molecule has 362 valence electrons. The minimum absolute atomic E-state index is 0. The van der Waals surface area contributed by atoms with Gasteiger partial charge in [0.25, 0.3) is 0 Å². The van der Waals surface area contributed by atoms with Crippen molar-refractivity contribution in [1.82, 2.24) is 16.0 Å². The molecule has 0 saturated heterocycles. The highest BCUT2D eigenvalue weighted by molar-refractivity contribution is 5.86. The highest BCUT2D eigenvalue weighted by atomic mass is 35.5. The van der Waals surface area contributed by atoms with Gasteiger partial charge in [0, 0.05) is 34.8 Å². The van der Waals surface area contributed by atoms with Crippen LogP contribution in [0.1, 0.15) is 103 Å². The molecule has 3 atom stereocenters. The first-order valence-corrected chi connectivity index (χ1v) is 20.5. The van der Waals surface area contributed by atoms with Crippen LogP contribution in [0.3, 0.4) is 0 Å². The SMILES string of the molecule is COc1cc2c(c(OC)c1OC)C(CCCCC(CCC1NCCc3cc(OC)c(OC)c(OC)c31)CCC1NCCc3cc(OC)c(OC)c(OC)c31)NCC2.Cl.Cl.Cl.O.O.O. The average molecular weight is 955 g/mol. The van der Waals surface area contributed by atoms with Gasteiger partial charge in [-0.3, -0.25) is 0 Å². The van der Waals surface area contributed by atoms with E-state index in [4.69, 9.17) is 42.6 Å². The Labute approximate surface area is 392 Å². The number of hydrogen-bond donors (Lipinski definition) is 3. The Hall–Kier alpha value is -3.51. The molecule has 0 amide bonds. The Kier molecular flexibility index (Phi) is 26.8. The van der Waals surface area contributed by atoms with Crippen molar-refractivity contribution in [2.45, 2.75) is 88.8 Å². The van der Waals surface area contributed by atoms with Crippen LogP contribution in [-0.2, 0) is 19.3 Å². The fourth-order valence-electron chi connectivity index (χ4n) is 9.66. The number of rotatable bonds is 20. The summed E-state index contributed by atoms with van der Waals surface area (Å²) in [6, 6.07) is 6.87. The molecule has 0 spiro atoms. The lowest BCUT2D eigenvalue weighted by molar-refractivity contribution is 0.297. The number of ether oxygens (including phenoxy) is 9. The normalized spacial score (nSPS) is 17.2. The summed E-state index contributed by atoms with van der Waals surface area (Å²) < 4.78 is 52.5. The van der Waals surface area contributed by atoms with E-state index >= 15 is 0 Å². The summed E-state index contributed by atoms with van der Waals surface area (Å²) in [7, 11) is 15.2. The standard InChI is InChI=1S/C45H65N3O9.3ClH.3H2O/c1-49-34-24-28-18-21-46-31(37(28)43(55-7)40(34)52-4)13-11-10-12-27(14-16-32-38-29(19-22-47-32)25-35(50-2)41(53-5)44(38)56-8)15-17-33-39-30(20-23-48-33)26-36(51-3)42(54-6)45(39)57-9;;;;;;/h24-27,31-33,46-48H,10-23H2,1-9H3;3*1H;3*1H2. The summed E-state index contributed by atoms with van der Waals surface area (Å²) in [5.74, 6) is 6.91. The molecule has 0 aromatic heterocycles. The number of methoxy groups -OCH3 is 9. The molecule has 15 nitrogen and oxygen atoms in total. The Balaban J connectivity index is 0.00000641. The van der Waals surface area contributed by atoms with Crippen molar-refractivity contribution in [2.24, 2.45) is 5.92 Å². The van der Waals surface area contributed by atoms with Gasteiger partial charge in [0.2, 0.25) is 17.2 Å². The highest BCUT2D eigenvalue weighted by Gasteiger charge is 2.33. The summed E-state index contributed by atoms with van der Waals surface area (Å²) in [6.07, 6.45) is 11.2. The Morgan fingerprint density at radius 2 is 0.714 bits per heavy atom. The quantitative estimate of drug-likeness (QED) is 0.107. The molecule has 3 unspecified atom stereocenters. The molecule has 3 aromatic rings. The third-order valence-electron chi connectivity index (χ3n) is 12.3. The summed E-state index contributed by atoms with van der Waals surface area (Å²) in [5.41, 5.74) is 7.36. The second-order valence-corrected chi connectivity index (χ2v) is 15.2. The molecule has 0 saturated carbocycles. The van der Waals surface area contributed by atoms with E-state index in [1.165, 1.54) is 33.4 Å². The first-order valence-electron chi connectivity index (χ1n) is 20.5. The molecule has 3 aliphatic heterocycles. The Morgan fingerprint density at radius 3 is 1.00 bits per heavy atom. The predicted molar refractivity (Wildman–Crippen MR) is 255 cm³/mol. The lowest BCUT2D eigenvalue weighted by atomic mass is 9.82. The van der Waals surface area contributed by atoms with E-state index in [9.17, 15) is 0 Å². The van der Waals surface area contributed by atoms with Gasteiger partial charge in [-0.15, -0.1) is 37.2 Å². The zero-order valence-corrected chi connectivity index (χ0v) is 40.8. The van der Waals surface area contributed by atoms with Crippen LogP contribution in [0.5, 0.6) is 51.7 Å². The van der Waals surface area contributed by atoms with Crippen LogP contribution in [0.2, 0.25) is 0 Å². The third kappa shape index (κ3) is 12.6. The molecule has 0 aliphatic carbocycles. The summed E-state index contributed by atoms with van der Waals surface area (Å²) in [6.45, 7) is 2.74. The van der Waals surface area contributed by atoms with E-state index in [-0.39, 0.29) is 71.8 Å². The summed E-state index contributed by atoms with van der Waals surface area (Å²) >= 11 is 0. The van der Waals surface area contributed by atoms with Crippen LogP contribution in [0.25, 0.3) is 0 Å². The zero-order valence-electron chi connectivity index (χ0n) is 38.3. The maximum Gasteiger partial charge on any atom is 0.203 e. The van der Waals surface area contributed by atoms with Crippen molar-refractivity contribution in [1.29, 1.82) is 0 Å². The molecule has 18 heteroatoms. The van der Waals surface area contributed by atoms with Crippen LogP contribution in [0, 0.1) is 5.92 Å². The fourth-order valence-corrected chi connectivity index (χ4v) is 9.66. The second-order valence-electron chi connectivity index (χ2n) is 15.2. The van der Waals surface area contributed by atoms with Gasteiger partial charge in [-0.25, -0.2) is 0 Å². The van der Waals surface area contributed by atoms with Gasteiger partial charge < -0.3 is 75.0 Å². The molecule has 3 aromatic carbocycles. The van der Waals surface area contributed by atoms with Gasteiger partial charge in [-0.05, 0) is 112 Å². The minimum Gasteiger partial charge on any atom is -0.493 e. The molecule has 63 heavy (non-hydrogen) atoms. The summed E-state index contributed by atoms with van der Waals surface area (Å²) in [5, 5.41) is 11.4. The summed E-state index contributed by atoms with van der Waals surface area (Å²) in [4.78, 5) is 0. The molecule has 0 radical (unpaired) electrons. The first kappa shape index (κ1) is 59.5. The van der Waals surface area contributed by atoms with E-state index in [1.807, 2.05) is 0 Å². The van der Waals surface area contributed by atoms with Crippen molar-refractivity contribution in [3.8, 4) is 51.7 Å². The molecule has 6 rings (SSSR count). The molecule has 0 fully saturated rings. The van der Waals surface area contributed by atoms with E-state index < -0.39 is 0 Å². The molecule has 3 heterocycles. The first-order chi connectivity index (χ1) is 27.9. The Morgan fingerprint density at radius 1 is 0.413 bits per heavy atom. The van der Waals surface area contributed by atoms with Crippen LogP contribution in [-0.4, -0.2) is 100 Å². The van der Waals surface area contributed by atoms with E-state index in [1.54, 1.807) is 64.0 Å². The average Bonchev–Trinajstić information content (AvgIpc) is 3.25. The number of nitrogens with one attached hydrogen (secondary N) is 3. The number of fused-ring (bicyclic) bond motifs is 3. The van der Waals surface area contributed by atoms with Crippen molar-refractivity contribution in [3.63, 3.8) is 0 Å². The van der Waals surface area contributed by atoms with Crippen LogP contribution < -0.4 is 58.6 Å². The molecule has 0 bridgehead atoms. The van der Waals surface area contributed by atoms with Gasteiger partial charge >= 0.3 is 0 Å². The van der Waals surface area contributed by atoms with Gasteiger partial charge in [0.1, 0.15) is 0 Å². The van der Waals surface area contributed by atoms with Crippen LogP contribution in [0.4, 0.5) is 0 Å². The maximum absolute atomic E-state index is 6.02. The molecular formula is C45H74Cl3N3O12. The van der Waals surface area contributed by atoms with Crippen molar-refractivity contribution >= 4 is 37.2 Å². The minimum atomic E-state index is 0. The smallest absolute Gasteiger partial charge is 0.203 e. The van der Waals surface area contributed by atoms with Gasteiger partial charge in [-0.1, -0.05) is 19.3 Å².